The van der Waals surface area contributed by atoms with Gasteiger partial charge in [0.15, 0.2) is 0 Å². The molecule has 2 aliphatic rings. The minimum Gasteiger partial charge on any atom is -0.383 e. The molecular weight excluding hydrogens is 356 g/mol. The molecule has 0 aromatic heterocycles. The van der Waals surface area contributed by atoms with E-state index in [2.05, 4.69) is 64.4 Å². The zero-order chi connectivity index (χ0) is 19.9. The van der Waals surface area contributed by atoms with Crippen molar-refractivity contribution in [2.75, 3.05) is 46.4 Å². The Kier molecular flexibility index (Phi) is 7.37. The molecule has 0 spiro atoms. The highest BCUT2D eigenvalue weighted by Crippen LogP contribution is 2.29. The lowest BCUT2D eigenvalue weighted by atomic mass is 9.95. The van der Waals surface area contributed by atoms with Crippen molar-refractivity contribution in [2.45, 2.75) is 38.1 Å². The molecule has 1 fully saturated rings. The molecule has 0 bridgehead atoms. The molecule has 0 radical (unpaired) electrons. The van der Waals surface area contributed by atoms with E-state index in [-0.39, 0.29) is 0 Å². The van der Waals surface area contributed by atoms with Gasteiger partial charge < -0.3 is 9.64 Å². The van der Waals surface area contributed by atoms with Crippen LogP contribution >= 0.6 is 0 Å². The summed E-state index contributed by atoms with van der Waals surface area (Å²) < 4.78 is 5.40. The van der Waals surface area contributed by atoms with E-state index < -0.39 is 0 Å². The van der Waals surface area contributed by atoms with Crippen LogP contribution in [0.1, 0.15) is 29.5 Å². The zero-order valence-electron chi connectivity index (χ0n) is 17.9. The second-order valence-electron chi connectivity index (χ2n) is 8.86. The van der Waals surface area contributed by atoms with Gasteiger partial charge >= 0.3 is 0 Å². The third-order valence-electron chi connectivity index (χ3n) is 6.78. The van der Waals surface area contributed by atoms with Crippen LogP contribution in [0.5, 0.6) is 0 Å². The van der Waals surface area contributed by atoms with Gasteiger partial charge in [-0.1, -0.05) is 54.6 Å². The predicted molar refractivity (Wildman–Crippen MR) is 120 cm³/mol. The number of benzene rings is 2. The number of piperidine rings is 1. The fourth-order valence-corrected chi connectivity index (χ4v) is 5.18. The van der Waals surface area contributed by atoms with Crippen LogP contribution in [-0.2, 0) is 24.0 Å². The Labute approximate surface area is 176 Å². The highest BCUT2D eigenvalue weighted by Gasteiger charge is 2.30. The lowest BCUT2D eigenvalue weighted by Gasteiger charge is -2.38. The number of nitrogens with zero attached hydrogens (tertiary/aromatic N) is 2. The Balaban J connectivity index is 1.31. The number of hydrogen-bond acceptors (Lipinski definition) is 3. The van der Waals surface area contributed by atoms with Crippen LogP contribution in [0, 0.1) is 5.92 Å². The molecule has 1 atom stereocenters. The normalized spacial score (nSPS) is 20.3. The zero-order valence-corrected chi connectivity index (χ0v) is 17.9. The molecule has 0 N–H and O–H groups in total. The fourth-order valence-electron chi connectivity index (χ4n) is 5.18. The van der Waals surface area contributed by atoms with Crippen molar-refractivity contribution in [1.82, 2.24) is 9.80 Å². The van der Waals surface area contributed by atoms with Gasteiger partial charge in [-0.3, -0.25) is 4.90 Å². The Hall–Kier alpha value is -1.68. The molecule has 1 heterocycles. The average Bonchev–Trinajstić information content (AvgIpc) is 3.21. The first-order chi connectivity index (χ1) is 14.3. The van der Waals surface area contributed by atoms with Crippen molar-refractivity contribution < 1.29 is 4.74 Å². The Morgan fingerprint density at radius 3 is 2.41 bits per heavy atom. The lowest BCUT2D eigenvalue weighted by molar-refractivity contribution is 0.0876. The Bertz CT molecular complexity index is 722. The second-order valence-corrected chi connectivity index (χ2v) is 8.86. The van der Waals surface area contributed by atoms with Crippen molar-refractivity contribution in [3.05, 3.63) is 71.3 Å². The number of rotatable bonds is 9. The van der Waals surface area contributed by atoms with Gasteiger partial charge in [0.2, 0.25) is 0 Å². The van der Waals surface area contributed by atoms with E-state index in [9.17, 15) is 0 Å². The summed E-state index contributed by atoms with van der Waals surface area (Å²) in [4.78, 5) is 5.42. The molecule has 1 aliphatic heterocycles. The molecule has 2 aromatic carbocycles. The SMILES string of the molecule is COCCN(CCc1ccccc1)CC1CCCN(C2Cc3ccccc3C2)C1. The fraction of sp³-hybridized carbons (Fsp3) is 0.538. The minimum atomic E-state index is 0.715. The highest BCUT2D eigenvalue weighted by molar-refractivity contribution is 5.33. The molecule has 0 saturated carbocycles. The van der Waals surface area contributed by atoms with Crippen LogP contribution in [0.4, 0.5) is 0 Å². The average molecular weight is 393 g/mol. The maximum absolute atomic E-state index is 5.40. The number of fused-ring (bicyclic) bond motifs is 1. The Morgan fingerprint density at radius 1 is 0.966 bits per heavy atom. The van der Waals surface area contributed by atoms with Crippen molar-refractivity contribution in [3.8, 4) is 0 Å². The summed E-state index contributed by atoms with van der Waals surface area (Å²) in [6.45, 7) is 6.72. The monoisotopic (exact) mass is 392 g/mol. The predicted octanol–water partition coefficient (Wildman–Crippen LogP) is 4.06. The molecule has 1 saturated heterocycles. The summed E-state index contributed by atoms with van der Waals surface area (Å²) in [6, 6.07) is 20.6. The van der Waals surface area contributed by atoms with Crippen molar-refractivity contribution in [2.24, 2.45) is 5.92 Å². The standard InChI is InChI=1S/C26H36N2O/c1-29-17-16-27(15-13-22-8-3-2-4-9-22)20-23-10-7-14-28(21-23)26-18-24-11-5-6-12-25(24)19-26/h2-6,8-9,11-12,23,26H,7,10,13-21H2,1H3. The van der Waals surface area contributed by atoms with E-state index in [4.69, 9.17) is 4.74 Å². The number of likely N-dealkylation sites (tertiary alicyclic amines) is 1. The molecule has 1 unspecified atom stereocenters. The number of hydrogen-bond donors (Lipinski definition) is 0. The maximum Gasteiger partial charge on any atom is 0.0589 e. The molecule has 1 aliphatic carbocycles. The van der Waals surface area contributed by atoms with Crippen LogP contribution in [-0.4, -0.2) is 62.3 Å². The molecule has 156 valence electrons. The summed E-state index contributed by atoms with van der Waals surface area (Å²) in [5, 5.41) is 0. The van der Waals surface area contributed by atoms with Gasteiger partial charge in [-0.15, -0.1) is 0 Å². The lowest BCUT2D eigenvalue weighted by Crippen LogP contribution is -2.46. The summed E-state index contributed by atoms with van der Waals surface area (Å²) >= 11 is 0. The summed E-state index contributed by atoms with van der Waals surface area (Å²) in [5.74, 6) is 0.778. The van der Waals surface area contributed by atoms with Gasteiger partial charge in [0, 0.05) is 39.3 Å². The first-order valence-electron chi connectivity index (χ1n) is 11.4. The molecule has 3 nitrogen and oxygen atoms in total. The van der Waals surface area contributed by atoms with Crippen molar-refractivity contribution in [3.63, 3.8) is 0 Å². The first-order valence-corrected chi connectivity index (χ1v) is 11.4. The summed E-state index contributed by atoms with van der Waals surface area (Å²) in [6.07, 6.45) is 6.31. The van der Waals surface area contributed by atoms with E-state index >= 15 is 0 Å². The molecule has 2 aromatic rings. The largest absolute Gasteiger partial charge is 0.383 e. The smallest absolute Gasteiger partial charge is 0.0589 e. The van der Waals surface area contributed by atoms with Crippen LogP contribution in [0.3, 0.4) is 0 Å². The van der Waals surface area contributed by atoms with Gasteiger partial charge in [0.1, 0.15) is 0 Å². The van der Waals surface area contributed by atoms with E-state index in [0.29, 0.717) is 6.04 Å². The first kappa shape index (κ1) is 20.6. The third-order valence-corrected chi connectivity index (χ3v) is 6.78. The van der Waals surface area contributed by atoms with E-state index in [1.54, 1.807) is 11.1 Å². The van der Waals surface area contributed by atoms with Gasteiger partial charge in [0.05, 0.1) is 6.61 Å². The van der Waals surface area contributed by atoms with Crippen molar-refractivity contribution in [1.29, 1.82) is 0 Å². The van der Waals surface area contributed by atoms with Crippen LogP contribution in [0.2, 0.25) is 0 Å². The van der Waals surface area contributed by atoms with Gasteiger partial charge in [-0.05, 0) is 61.3 Å². The molecular formula is C26H36N2O. The second kappa shape index (κ2) is 10.4. The summed E-state index contributed by atoms with van der Waals surface area (Å²) in [5.41, 5.74) is 4.58. The number of methoxy groups -OCH3 is 1. The minimum absolute atomic E-state index is 0.715. The quantitative estimate of drug-likeness (QED) is 0.640. The van der Waals surface area contributed by atoms with Crippen LogP contribution in [0.15, 0.2) is 54.6 Å². The number of ether oxygens (including phenoxy) is 1. The van der Waals surface area contributed by atoms with Crippen molar-refractivity contribution >= 4 is 0 Å². The molecule has 4 rings (SSSR count). The van der Waals surface area contributed by atoms with Gasteiger partial charge in [-0.25, -0.2) is 0 Å². The summed E-state index contributed by atoms with van der Waals surface area (Å²) in [7, 11) is 1.81. The third kappa shape index (κ3) is 5.69. The molecule has 0 amide bonds. The van der Waals surface area contributed by atoms with E-state index in [1.807, 2.05) is 7.11 Å². The Morgan fingerprint density at radius 2 is 1.69 bits per heavy atom. The van der Waals surface area contributed by atoms with Gasteiger partial charge in [-0.2, -0.15) is 0 Å². The maximum atomic E-state index is 5.40. The van der Waals surface area contributed by atoms with Gasteiger partial charge in [0.25, 0.3) is 0 Å². The molecule has 29 heavy (non-hydrogen) atoms. The van der Waals surface area contributed by atoms with E-state index in [0.717, 1.165) is 32.0 Å². The van der Waals surface area contributed by atoms with Crippen LogP contribution in [0.25, 0.3) is 0 Å². The van der Waals surface area contributed by atoms with Crippen LogP contribution < -0.4 is 0 Å². The van der Waals surface area contributed by atoms with E-state index in [1.165, 1.54) is 50.9 Å². The topological polar surface area (TPSA) is 15.7 Å². The molecule has 3 heteroatoms. The highest BCUT2D eigenvalue weighted by atomic mass is 16.5.